The second kappa shape index (κ2) is 10.00. The average Bonchev–Trinajstić information content (AvgIpc) is 2.64. The highest BCUT2D eigenvalue weighted by Crippen LogP contribution is 2.11. The van der Waals surface area contributed by atoms with Crippen molar-refractivity contribution in [1.29, 1.82) is 0 Å². The topological polar surface area (TPSA) is 23.6 Å². The zero-order chi connectivity index (χ0) is 18.1. The lowest BCUT2D eigenvalue weighted by Gasteiger charge is -2.25. The van der Waals surface area contributed by atoms with Crippen LogP contribution in [0.4, 0.5) is 0 Å². The number of amides is 1. The third kappa shape index (κ3) is 6.71. The van der Waals surface area contributed by atoms with E-state index in [-0.39, 0.29) is 5.91 Å². The van der Waals surface area contributed by atoms with Crippen molar-refractivity contribution >= 4 is 5.91 Å². The van der Waals surface area contributed by atoms with Gasteiger partial charge in [0.2, 0.25) is 5.91 Å². The highest BCUT2D eigenvalue weighted by molar-refractivity contribution is 5.76. The number of likely N-dealkylation sites (N-methyl/N-ethyl adjacent to an activating group) is 1. The molecule has 0 aliphatic carbocycles. The molecule has 0 heterocycles. The SMILES string of the molecule is CCc1ccc(CCC(=O)N(CCN(C)C)Cc2ccccc2)cc1. The van der Waals surface area contributed by atoms with Crippen molar-refractivity contribution in [2.24, 2.45) is 0 Å². The summed E-state index contributed by atoms with van der Waals surface area (Å²) in [5, 5.41) is 0. The van der Waals surface area contributed by atoms with Crippen LogP contribution >= 0.6 is 0 Å². The Morgan fingerprint density at radius 1 is 0.840 bits per heavy atom. The molecule has 0 aromatic heterocycles. The maximum Gasteiger partial charge on any atom is 0.223 e. The van der Waals surface area contributed by atoms with Crippen LogP contribution in [0.2, 0.25) is 0 Å². The van der Waals surface area contributed by atoms with Crippen molar-refractivity contribution in [2.75, 3.05) is 27.2 Å². The van der Waals surface area contributed by atoms with Gasteiger partial charge in [0.25, 0.3) is 0 Å². The molecule has 0 saturated heterocycles. The number of benzene rings is 2. The number of nitrogens with zero attached hydrogens (tertiary/aromatic N) is 2. The van der Waals surface area contributed by atoms with Crippen LogP contribution in [0.25, 0.3) is 0 Å². The van der Waals surface area contributed by atoms with Gasteiger partial charge in [-0.25, -0.2) is 0 Å². The predicted molar refractivity (Wildman–Crippen MR) is 105 cm³/mol. The van der Waals surface area contributed by atoms with Gasteiger partial charge < -0.3 is 9.80 Å². The number of carbonyl (C=O) groups is 1. The first kappa shape index (κ1) is 19.2. The van der Waals surface area contributed by atoms with E-state index in [0.717, 1.165) is 25.9 Å². The maximum absolute atomic E-state index is 12.8. The molecule has 0 radical (unpaired) electrons. The molecule has 1 amide bonds. The van der Waals surface area contributed by atoms with Crippen molar-refractivity contribution in [3.8, 4) is 0 Å². The number of rotatable bonds is 9. The smallest absolute Gasteiger partial charge is 0.223 e. The molecule has 3 heteroatoms. The quantitative estimate of drug-likeness (QED) is 0.695. The lowest BCUT2D eigenvalue weighted by Crippen LogP contribution is -2.36. The van der Waals surface area contributed by atoms with Crippen LogP contribution in [0, 0.1) is 0 Å². The summed E-state index contributed by atoms with van der Waals surface area (Å²) >= 11 is 0. The van der Waals surface area contributed by atoms with Crippen LogP contribution in [0.15, 0.2) is 54.6 Å². The summed E-state index contributed by atoms with van der Waals surface area (Å²) in [5.74, 6) is 0.227. The largest absolute Gasteiger partial charge is 0.337 e. The fourth-order valence-corrected chi connectivity index (χ4v) is 2.77. The summed E-state index contributed by atoms with van der Waals surface area (Å²) < 4.78 is 0. The van der Waals surface area contributed by atoms with E-state index in [9.17, 15) is 4.79 Å². The summed E-state index contributed by atoms with van der Waals surface area (Å²) in [6, 6.07) is 18.8. The van der Waals surface area contributed by atoms with Crippen LogP contribution in [-0.4, -0.2) is 42.9 Å². The standard InChI is InChI=1S/C22H30N2O/c1-4-19-10-12-20(13-11-19)14-15-22(25)24(17-16-23(2)3)18-21-8-6-5-7-9-21/h5-13H,4,14-18H2,1-3H3. The second-order valence-corrected chi connectivity index (χ2v) is 6.77. The van der Waals surface area contributed by atoms with Crippen molar-refractivity contribution in [3.63, 3.8) is 0 Å². The Labute approximate surface area is 152 Å². The normalized spacial score (nSPS) is 10.9. The molecule has 2 aromatic rings. The number of carbonyl (C=O) groups excluding carboxylic acids is 1. The van der Waals surface area contributed by atoms with E-state index in [1.54, 1.807) is 0 Å². The minimum Gasteiger partial charge on any atom is -0.337 e. The second-order valence-electron chi connectivity index (χ2n) is 6.77. The molecule has 2 rings (SSSR count). The van der Waals surface area contributed by atoms with Crippen LogP contribution in [-0.2, 0) is 24.2 Å². The van der Waals surface area contributed by atoms with E-state index in [2.05, 4.69) is 48.2 Å². The molecule has 25 heavy (non-hydrogen) atoms. The fraction of sp³-hybridized carbons (Fsp3) is 0.409. The number of hydrogen-bond acceptors (Lipinski definition) is 2. The van der Waals surface area contributed by atoms with Gasteiger partial charge >= 0.3 is 0 Å². The van der Waals surface area contributed by atoms with E-state index in [1.807, 2.05) is 37.2 Å². The van der Waals surface area contributed by atoms with E-state index in [4.69, 9.17) is 0 Å². The lowest BCUT2D eigenvalue weighted by molar-refractivity contribution is -0.131. The Bertz CT molecular complexity index is 635. The molecule has 0 aliphatic rings. The molecule has 0 N–H and O–H groups in total. The van der Waals surface area contributed by atoms with Gasteiger partial charge in [0.15, 0.2) is 0 Å². The van der Waals surface area contributed by atoms with Gasteiger partial charge in [-0.1, -0.05) is 61.5 Å². The predicted octanol–water partition coefficient (Wildman–Crippen LogP) is 3.77. The van der Waals surface area contributed by atoms with Crippen LogP contribution in [0.3, 0.4) is 0 Å². The Kier molecular flexibility index (Phi) is 7.68. The molecule has 0 bridgehead atoms. The average molecular weight is 338 g/mol. The summed E-state index contributed by atoms with van der Waals surface area (Å²) in [4.78, 5) is 16.9. The molecule has 2 aromatic carbocycles. The minimum atomic E-state index is 0.227. The van der Waals surface area contributed by atoms with Crippen molar-refractivity contribution in [2.45, 2.75) is 32.7 Å². The molecular formula is C22H30N2O. The van der Waals surface area contributed by atoms with Crippen molar-refractivity contribution in [3.05, 3.63) is 71.3 Å². The molecule has 134 valence electrons. The molecule has 0 unspecified atom stereocenters. The Hall–Kier alpha value is -2.13. The van der Waals surface area contributed by atoms with Gasteiger partial charge in [0.1, 0.15) is 0 Å². The van der Waals surface area contributed by atoms with E-state index < -0.39 is 0 Å². The molecule has 0 atom stereocenters. The molecular weight excluding hydrogens is 308 g/mol. The molecule has 0 aliphatic heterocycles. The maximum atomic E-state index is 12.8. The van der Waals surface area contributed by atoms with Gasteiger partial charge in [-0.15, -0.1) is 0 Å². The highest BCUT2D eigenvalue weighted by atomic mass is 16.2. The Morgan fingerprint density at radius 2 is 1.48 bits per heavy atom. The zero-order valence-electron chi connectivity index (χ0n) is 15.7. The first-order valence-electron chi connectivity index (χ1n) is 9.12. The molecule has 0 fully saturated rings. The summed E-state index contributed by atoms with van der Waals surface area (Å²) in [7, 11) is 4.08. The van der Waals surface area contributed by atoms with Gasteiger partial charge in [-0.3, -0.25) is 4.79 Å². The third-order valence-electron chi connectivity index (χ3n) is 4.44. The minimum absolute atomic E-state index is 0.227. The summed E-state index contributed by atoms with van der Waals surface area (Å²) in [5.41, 5.74) is 3.76. The van der Waals surface area contributed by atoms with Crippen molar-refractivity contribution in [1.82, 2.24) is 9.80 Å². The van der Waals surface area contributed by atoms with Gasteiger partial charge in [0, 0.05) is 26.1 Å². The molecule has 0 saturated carbocycles. The summed E-state index contributed by atoms with van der Waals surface area (Å²) in [6.45, 7) is 4.48. The molecule has 0 spiro atoms. The van der Waals surface area contributed by atoms with E-state index in [1.165, 1.54) is 16.7 Å². The lowest BCUT2D eigenvalue weighted by atomic mass is 10.1. The van der Waals surface area contributed by atoms with Crippen LogP contribution in [0.1, 0.15) is 30.0 Å². The Balaban J connectivity index is 1.95. The van der Waals surface area contributed by atoms with Crippen LogP contribution < -0.4 is 0 Å². The van der Waals surface area contributed by atoms with E-state index in [0.29, 0.717) is 13.0 Å². The van der Waals surface area contributed by atoms with Gasteiger partial charge in [0.05, 0.1) is 0 Å². The number of aryl methyl sites for hydroxylation is 2. The fourth-order valence-electron chi connectivity index (χ4n) is 2.77. The monoisotopic (exact) mass is 338 g/mol. The number of hydrogen-bond donors (Lipinski definition) is 0. The van der Waals surface area contributed by atoms with Gasteiger partial charge in [-0.2, -0.15) is 0 Å². The first-order valence-corrected chi connectivity index (χ1v) is 9.12. The van der Waals surface area contributed by atoms with Crippen LogP contribution in [0.5, 0.6) is 0 Å². The first-order chi connectivity index (χ1) is 12.1. The van der Waals surface area contributed by atoms with Crippen molar-refractivity contribution < 1.29 is 4.79 Å². The van der Waals surface area contributed by atoms with E-state index >= 15 is 0 Å². The van der Waals surface area contributed by atoms with Gasteiger partial charge in [-0.05, 0) is 43.6 Å². The third-order valence-corrected chi connectivity index (χ3v) is 4.44. The molecule has 3 nitrogen and oxygen atoms in total. The zero-order valence-corrected chi connectivity index (χ0v) is 15.7. The summed E-state index contributed by atoms with van der Waals surface area (Å²) in [6.07, 6.45) is 2.41. The highest BCUT2D eigenvalue weighted by Gasteiger charge is 2.14. The Morgan fingerprint density at radius 3 is 2.08 bits per heavy atom.